The molecule has 0 fully saturated rings. The third-order valence-electron chi connectivity index (χ3n) is 5.60. The number of halogens is 1. The molecule has 0 radical (unpaired) electrons. The van der Waals surface area contributed by atoms with E-state index in [1.807, 2.05) is 68.4 Å². The second kappa shape index (κ2) is 11.2. The van der Waals surface area contributed by atoms with Crippen LogP contribution in [0, 0.1) is 0 Å². The van der Waals surface area contributed by atoms with Crippen LogP contribution in [0.4, 0.5) is 5.69 Å². The summed E-state index contributed by atoms with van der Waals surface area (Å²) < 4.78 is 12.5. The number of hydrogen-bond acceptors (Lipinski definition) is 6. The summed E-state index contributed by atoms with van der Waals surface area (Å²) in [6.45, 7) is 4.70. The van der Waals surface area contributed by atoms with Crippen molar-refractivity contribution in [3.05, 3.63) is 83.7 Å². The maximum Gasteiger partial charge on any atom is 0.342 e. The Morgan fingerprint density at radius 3 is 2.51 bits per heavy atom. The molecular weight excluding hydrogens is 464 g/mol. The fraction of sp³-hybridized carbons (Fsp3) is 0.296. The third kappa shape index (κ3) is 5.92. The molecule has 1 N–H and O–H groups in total. The largest absolute Gasteiger partial charge is 0.497 e. The molecule has 2 aromatic carbocycles. The molecule has 0 saturated heterocycles. The first kappa shape index (κ1) is 24.5. The number of nitrogens with zero attached hydrogens (tertiary/aromatic N) is 3. The molecule has 182 valence electrons. The number of nitrogens with one attached hydrogen (secondary N) is 1. The fourth-order valence-corrected chi connectivity index (χ4v) is 4.10. The minimum Gasteiger partial charge on any atom is -0.497 e. The van der Waals surface area contributed by atoms with Gasteiger partial charge in [-0.2, -0.15) is 5.10 Å². The van der Waals surface area contributed by atoms with Gasteiger partial charge in [0.2, 0.25) is 0 Å². The van der Waals surface area contributed by atoms with Gasteiger partial charge in [0.25, 0.3) is 0 Å². The average molecular weight is 493 g/mol. The summed E-state index contributed by atoms with van der Waals surface area (Å²) in [5.74, 6) is 0.394. The van der Waals surface area contributed by atoms with Gasteiger partial charge in [-0.25, -0.2) is 14.5 Å². The van der Waals surface area contributed by atoms with E-state index in [0.29, 0.717) is 30.0 Å². The highest BCUT2D eigenvalue weighted by Gasteiger charge is 2.21. The summed E-state index contributed by atoms with van der Waals surface area (Å²) in [6.07, 6.45) is 3.79. The first-order valence-corrected chi connectivity index (χ1v) is 12.0. The van der Waals surface area contributed by atoms with Gasteiger partial charge < -0.3 is 14.8 Å². The van der Waals surface area contributed by atoms with Gasteiger partial charge in [0.15, 0.2) is 5.65 Å². The minimum atomic E-state index is -0.423. The molecule has 1 atom stereocenters. The molecule has 0 spiro atoms. The SMILES string of the molecule is COc1ccc(CCNc2c(C(=O)OC(C)C)cnc3c2cnn3C[C@@H](Cl)c2ccccc2)cc1. The van der Waals surface area contributed by atoms with Crippen LogP contribution in [0.25, 0.3) is 11.0 Å². The summed E-state index contributed by atoms with van der Waals surface area (Å²) in [4.78, 5) is 17.4. The number of alkyl halides is 1. The average Bonchev–Trinajstić information content (AvgIpc) is 3.27. The van der Waals surface area contributed by atoms with Gasteiger partial charge in [-0.3, -0.25) is 0 Å². The Morgan fingerprint density at radius 1 is 1.09 bits per heavy atom. The predicted molar refractivity (Wildman–Crippen MR) is 138 cm³/mol. The number of fused-ring (bicyclic) bond motifs is 1. The molecule has 4 rings (SSSR count). The van der Waals surface area contributed by atoms with E-state index >= 15 is 0 Å². The number of carbonyl (C=O) groups is 1. The van der Waals surface area contributed by atoms with E-state index in [2.05, 4.69) is 15.4 Å². The molecule has 0 unspecified atom stereocenters. The van der Waals surface area contributed by atoms with Crippen LogP contribution >= 0.6 is 11.6 Å². The third-order valence-corrected chi connectivity index (χ3v) is 5.99. The van der Waals surface area contributed by atoms with Gasteiger partial charge in [-0.15, -0.1) is 11.6 Å². The van der Waals surface area contributed by atoms with Crippen molar-refractivity contribution in [2.45, 2.75) is 38.3 Å². The van der Waals surface area contributed by atoms with Gasteiger partial charge in [0.1, 0.15) is 11.3 Å². The topological polar surface area (TPSA) is 78.3 Å². The van der Waals surface area contributed by atoms with Crippen molar-refractivity contribution in [1.29, 1.82) is 0 Å². The smallest absolute Gasteiger partial charge is 0.342 e. The van der Waals surface area contributed by atoms with Crippen molar-refractivity contribution in [2.24, 2.45) is 0 Å². The number of esters is 1. The molecule has 35 heavy (non-hydrogen) atoms. The van der Waals surface area contributed by atoms with Crippen molar-refractivity contribution in [3.63, 3.8) is 0 Å². The van der Waals surface area contributed by atoms with Gasteiger partial charge in [0.05, 0.1) is 42.4 Å². The van der Waals surface area contributed by atoms with E-state index in [9.17, 15) is 4.79 Å². The van der Waals surface area contributed by atoms with E-state index in [-0.39, 0.29) is 11.5 Å². The van der Waals surface area contributed by atoms with Crippen LogP contribution in [0.5, 0.6) is 5.75 Å². The summed E-state index contributed by atoms with van der Waals surface area (Å²) in [7, 11) is 1.65. The monoisotopic (exact) mass is 492 g/mol. The zero-order chi connectivity index (χ0) is 24.8. The van der Waals surface area contributed by atoms with Crippen LogP contribution in [0.3, 0.4) is 0 Å². The van der Waals surface area contributed by atoms with Crippen LogP contribution in [-0.2, 0) is 17.7 Å². The Bertz CT molecular complexity index is 1270. The number of benzene rings is 2. The molecule has 0 amide bonds. The van der Waals surface area contributed by atoms with E-state index in [4.69, 9.17) is 21.1 Å². The lowest BCUT2D eigenvalue weighted by Crippen LogP contribution is -2.16. The molecule has 8 heteroatoms. The van der Waals surface area contributed by atoms with Crippen LogP contribution in [0.1, 0.15) is 40.7 Å². The van der Waals surface area contributed by atoms with Gasteiger partial charge in [-0.1, -0.05) is 42.5 Å². The summed E-state index contributed by atoms with van der Waals surface area (Å²) >= 11 is 6.66. The van der Waals surface area contributed by atoms with Crippen molar-refractivity contribution >= 4 is 34.3 Å². The molecule has 0 aliphatic carbocycles. The number of aromatic nitrogens is 3. The summed E-state index contributed by atoms with van der Waals surface area (Å²) in [6, 6.07) is 17.8. The summed E-state index contributed by atoms with van der Waals surface area (Å²) in [5.41, 5.74) is 3.85. The Kier molecular flexibility index (Phi) is 7.87. The number of pyridine rings is 1. The van der Waals surface area contributed by atoms with Gasteiger partial charge in [-0.05, 0) is 43.5 Å². The van der Waals surface area contributed by atoms with E-state index in [0.717, 1.165) is 28.7 Å². The Hall–Kier alpha value is -3.58. The van der Waals surface area contributed by atoms with Crippen molar-refractivity contribution in [1.82, 2.24) is 14.8 Å². The van der Waals surface area contributed by atoms with Gasteiger partial charge >= 0.3 is 5.97 Å². The van der Waals surface area contributed by atoms with Crippen molar-refractivity contribution < 1.29 is 14.3 Å². The zero-order valence-electron chi connectivity index (χ0n) is 20.1. The first-order valence-electron chi connectivity index (χ1n) is 11.6. The Morgan fingerprint density at radius 2 is 1.83 bits per heavy atom. The Balaban J connectivity index is 1.60. The lowest BCUT2D eigenvalue weighted by Gasteiger charge is -2.15. The second-order valence-corrected chi connectivity index (χ2v) is 8.99. The highest BCUT2D eigenvalue weighted by molar-refractivity contribution is 6.20. The highest BCUT2D eigenvalue weighted by Crippen LogP contribution is 2.29. The molecule has 0 saturated carbocycles. The molecule has 2 heterocycles. The molecule has 7 nitrogen and oxygen atoms in total. The Labute approximate surface area is 210 Å². The van der Waals surface area contributed by atoms with E-state index in [1.165, 1.54) is 0 Å². The van der Waals surface area contributed by atoms with Crippen LogP contribution in [-0.4, -0.2) is 40.5 Å². The van der Waals surface area contributed by atoms with Crippen LogP contribution < -0.4 is 10.1 Å². The van der Waals surface area contributed by atoms with E-state index < -0.39 is 5.97 Å². The minimum absolute atomic E-state index is 0.240. The molecule has 2 aromatic heterocycles. The van der Waals surface area contributed by atoms with Crippen molar-refractivity contribution in [3.8, 4) is 5.75 Å². The number of methoxy groups -OCH3 is 1. The number of anilines is 1. The normalized spacial score (nSPS) is 12.0. The number of rotatable bonds is 10. The molecule has 0 aliphatic heterocycles. The molecular formula is C27H29ClN4O3. The molecule has 0 bridgehead atoms. The quantitative estimate of drug-likeness (QED) is 0.228. The van der Waals surface area contributed by atoms with Crippen LogP contribution in [0.2, 0.25) is 0 Å². The second-order valence-electron chi connectivity index (χ2n) is 8.47. The number of carbonyl (C=O) groups excluding carboxylic acids is 1. The molecule has 0 aliphatic rings. The van der Waals surface area contributed by atoms with Crippen molar-refractivity contribution in [2.75, 3.05) is 19.0 Å². The summed E-state index contributed by atoms with van der Waals surface area (Å²) in [5, 5.41) is 8.44. The highest BCUT2D eigenvalue weighted by atomic mass is 35.5. The van der Waals surface area contributed by atoms with Crippen LogP contribution in [0.15, 0.2) is 67.0 Å². The maximum atomic E-state index is 12.8. The maximum absolute atomic E-state index is 12.8. The number of hydrogen-bond donors (Lipinski definition) is 1. The number of ether oxygens (including phenoxy) is 2. The molecule has 4 aromatic rings. The zero-order valence-corrected chi connectivity index (χ0v) is 20.8. The lowest BCUT2D eigenvalue weighted by molar-refractivity contribution is 0.0379. The predicted octanol–water partition coefficient (Wildman–Crippen LogP) is 5.64. The van der Waals surface area contributed by atoms with E-state index in [1.54, 1.807) is 24.2 Å². The standard InChI is InChI=1S/C27H29ClN4O3/c1-18(2)35-27(33)23-15-30-26-22(16-31-32(26)17-24(28)20-7-5-4-6-8-20)25(23)29-14-13-19-9-11-21(34-3)12-10-19/h4-12,15-16,18,24H,13-14,17H2,1-3H3,(H,29,30)/t24-/m1/s1. The lowest BCUT2D eigenvalue weighted by atomic mass is 10.1. The van der Waals surface area contributed by atoms with Gasteiger partial charge in [0, 0.05) is 12.7 Å². The first-order chi connectivity index (χ1) is 17.0. The fourth-order valence-electron chi connectivity index (χ4n) is 3.83.